The standard InChI is InChI=1S/C15H20N4O2/c1-10-8-11(2)17-14(13(10)9-16)18-12(3)15(20)19-4-6-21-7-5-19/h8,12H,4-7H2,1-3H3,(H,17,18). The maximum absolute atomic E-state index is 12.4. The molecule has 0 bridgehead atoms. The highest BCUT2D eigenvalue weighted by Gasteiger charge is 2.23. The van der Waals surface area contributed by atoms with Crippen molar-refractivity contribution >= 4 is 11.7 Å². The van der Waals surface area contributed by atoms with Crippen LogP contribution in [0, 0.1) is 25.2 Å². The van der Waals surface area contributed by atoms with E-state index in [0.29, 0.717) is 37.7 Å². The molecule has 2 rings (SSSR count). The van der Waals surface area contributed by atoms with E-state index < -0.39 is 6.04 Å². The van der Waals surface area contributed by atoms with Crippen LogP contribution in [-0.4, -0.2) is 48.1 Å². The average Bonchev–Trinajstić information content (AvgIpc) is 2.47. The molecule has 1 unspecified atom stereocenters. The van der Waals surface area contributed by atoms with Crippen LogP contribution in [0.1, 0.15) is 23.7 Å². The maximum atomic E-state index is 12.4. The number of nitriles is 1. The maximum Gasteiger partial charge on any atom is 0.244 e. The van der Waals surface area contributed by atoms with Crippen LogP contribution in [0.2, 0.25) is 0 Å². The van der Waals surface area contributed by atoms with Gasteiger partial charge in [0, 0.05) is 18.8 Å². The number of amides is 1. The first-order chi connectivity index (χ1) is 10.0. The number of hydrogen-bond acceptors (Lipinski definition) is 5. The van der Waals surface area contributed by atoms with E-state index >= 15 is 0 Å². The minimum absolute atomic E-state index is 0.00292. The van der Waals surface area contributed by atoms with Crippen molar-refractivity contribution in [2.45, 2.75) is 26.8 Å². The molecule has 0 aromatic carbocycles. The Morgan fingerprint density at radius 1 is 1.48 bits per heavy atom. The Balaban J connectivity index is 2.14. The Morgan fingerprint density at radius 3 is 2.76 bits per heavy atom. The van der Waals surface area contributed by atoms with E-state index in [-0.39, 0.29) is 5.91 Å². The molecule has 1 saturated heterocycles. The molecule has 0 saturated carbocycles. The van der Waals surface area contributed by atoms with Crippen molar-refractivity contribution < 1.29 is 9.53 Å². The van der Waals surface area contributed by atoms with E-state index in [2.05, 4.69) is 16.4 Å². The van der Waals surface area contributed by atoms with Crippen molar-refractivity contribution in [3.63, 3.8) is 0 Å². The predicted octanol–water partition coefficient (Wildman–Crippen LogP) is 1.23. The van der Waals surface area contributed by atoms with Gasteiger partial charge in [-0.15, -0.1) is 0 Å². The molecule has 0 spiro atoms. The molecule has 2 heterocycles. The number of hydrogen-bond donors (Lipinski definition) is 1. The molecular weight excluding hydrogens is 268 g/mol. The number of carbonyl (C=O) groups is 1. The molecule has 0 aliphatic carbocycles. The lowest BCUT2D eigenvalue weighted by Crippen LogP contribution is -2.47. The van der Waals surface area contributed by atoms with Crippen LogP contribution in [0.15, 0.2) is 6.07 Å². The predicted molar refractivity (Wildman–Crippen MR) is 78.9 cm³/mol. The third kappa shape index (κ3) is 3.50. The normalized spacial score (nSPS) is 16.2. The van der Waals surface area contributed by atoms with Crippen molar-refractivity contribution in [1.29, 1.82) is 5.26 Å². The van der Waals surface area contributed by atoms with E-state index in [1.165, 1.54) is 0 Å². The molecule has 21 heavy (non-hydrogen) atoms. The van der Waals surface area contributed by atoms with Crippen molar-refractivity contribution in [3.8, 4) is 6.07 Å². The molecule has 1 aromatic rings. The molecule has 1 N–H and O–H groups in total. The lowest BCUT2D eigenvalue weighted by atomic mass is 10.1. The molecule has 1 amide bonds. The largest absolute Gasteiger partial charge is 0.378 e. The highest BCUT2D eigenvalue weighted by molar-refractivity contribution is 5.84. The second-order valence-electron chi connectivity index (χ2n) is 5.22. The van der Waals surface area contributed by atoms with Gasteiger partial charge in [0.1, 0.15) is 17.9 Å². The third-order valence-electron chi connectivity index (χ3n) is 3.50. The minimum Gasteiger partial charge on any atom is -0.378 e. The monoisotopic (exact) mass is 288 g/mol. The smallest absolute Gasteiger partial charge is 0.244 e. The van der Waals surface area contributed by atoms with E-state index in [1.807, 2.05) is 19.9 Å². The lowest BCUT2D eigenvalue weighted by Gasteiger charge is -2.29. The summed E-state index contributed by atoms with van der Waals surface area (Å²) >= 11 is 0. The Morgan fingerprint density at radius 2 is 2.14 bits per heavy atom. The number of nitrogens with zero attached hydrogens (tertiary/aromatic N) is 3. The summed E-state index contributed by atoms with van der Waals surface area (Å²) in [6.45, 7) is 7.89. The Hall–Kier alpha value is -2.13. The molecule has 6 nitrogen and oxygen atoms in total. The van der Waals surface area contributed by atoms with Gasteiger partial charge in [-0.2, -0.15) is 5.26 Å². The van der Waals surface area contributed by atoms with Crippen LogP contribution in [0.3, 0.4) is 0 Å². The number of carbonyl (C=O) groups excluding carboxylic acids is 1. The van der Waals surface area contributed by atoms with Crippen LogP contribution in [0.25, 0.3) is 0 Å². The van der Waals surface area contributed by atoms with Crippen molar-refractivity contribution in [1.82, 2.24) is 9.88 Å². The van der Waals surface area contributed by atoms with Crippen LogP contribution in [0.5, 0.6) is 0 Å². The number of pyridine rings is 1. The summed E-state index contributed by atoms with van der Waals surface area (Å²) in [5, 5.41) is 12.3. The van der Waals surface area contributed by atoms with Crippen molar-refractivity contribution in [2.24, 2.45) is 0 Å². The molecule has 0 radical (unpaired) electrons. The van der Waals surface area contributed by atoms with Gasteiger partial charge in [-0.05, 0) is 32.4 Å². The summed E-state index contributed by atoms with van der Waals surface area (Å²) in [6, 6.07) is 3.58. The summed E-state index contributed by atoms with van der Waals surface area (Å²) < 4.78 is 5.25. The summed E-state index contributed by atoms with van der Waals surface area (Å²) in [5.74, 6) is 0.479. The fourth-order valence-electron chi connectivity index (χ4n) is 2.41. The van der Waals surface area contributed by atoms with Gasteiger partial charge >= 0.3 is 0 Å². The summed E-state index contributed by atoms with van der Waals surface area (Å²) in [4.78, 5) is 18.5. The second-order valence-corrected chi connectivity index (χ2v) is 5.22. The number of aryl methyl sites for hydroxylation is 2. The van der Waals surface area contributed by atoms with Crippen LogP contribution in [-0.2, 0) is 9.53 Å². The highest BCUT2D eigenvalue weighted by atomic mass is 16.5. The van der Waals surface area contributed by atoms with Crippen LogP contribution >= 0.6 is 0 Å². The molecule has 1 aromatic heterocycles. The number of aromatic nitrogens is 1. The second kappa shape index (κ2) is 6.55. The topological polar surface area (TPSA) is 78.2 Å². The first-order valence-electron chi connectivity index (χ1n) is 7.04. The average molecular weight is 288 g/mol. The number of anilines is 1. The summed E-state index contributed by atoms with van der Waals surface area (Å²) in [5.41, 5.74) is 2.17. The molecule has 1 aliphatic heterocycles. The number of rotatable bonds is 3. The fraction of sp³-hybridized carbons (Fsp3) is 0.533. The number of ether oxygens (including phenoxy) is 1. The summed E-state index contributed by atoms with van der Waals surface area (Å²) in [6.07, 6.45) is 0. The van der Waals surface area contributed by atoms with Gasteiger partial charge in [0.15, 0.2) is 0 Å². The van der Waals surface area contributed by atoms with Gasteiger partial charge in [-0.25, -0.2) is 4.98 Å². The zero-order chi connectivity index (χ0) is 15.4. The zero-order valence-electron chi connectivity index (χ0n) is 12.6. The van der Waals surface area contributed by atoms with Crippen LogP contribution in [0.4, 0.5) is 5.82 Å². The Kier molecular flexibility index (Phi) is 4.76. The Labute approximate surface area is 124 Å². The number of nitrogens with one attached hydrogen (secondary N) is 1. The van der Waals surface area contributed by atoms with Gasteiger partial charge in [0.2, 0.25) is 5.91 Å². The summed E-state index contributed by atoms with van der Waals surface area (Å²) in [7, 11) is 0. The SMILES string of the molecule is Cc1cc(C)c(C#N)c(NC(C)C(=O)N2CCOCC2)n1. The quantitative estimate of drug-likeness (QED) is 0.905. The highest BCUT2D eigenvalue weighted by Crippen LogP contribution is 2.18. The first-order valence-corrected chi connectivity index (χ1v) is 7.04. The van der Waals surface area contributed by atoms with Gasteiger partial charge in [0.25, 0.3) is 0 Å². The first kappa shape index (κ1) is 15.3. The van der Waals surface area contributed by atoms with Gasteiger partial charge < -0.3 is 15.0 Å². The Bertz CT molecular complexity index is 574. The molecule has 112 valence electrons. The van der Waals surface area contributed by atoms with Gasteiger partial charge in [-0.3, -0.25) is 4.79 Å². The minimum atomic E-state index is -0.427. The molecular formula is C15H20N4O2. The number of morpholine rings is 1. The van der Waals surface area contributed by atoms with Crippen molar-refractivity contribution in [2.75, 3.05) is 31.6 Å². The molecule has 1 atom stereocenters. The van der Waals surface area contributed by atoms with Gasteiger partial charge in [0.05, 0.1) is 18.8 Å². The van der Waals surface area contributed by atoms with E-state index in [9.17, 15) is 10.1 Å². The fourth-order valence-corrected chi connectivity index (χ4v) is 2.41. The van der Waals surface area contributed by atoms with Gasteiger partial charge in [-0.1, -0.05) is 0 Å². The molecule has 1 aliphatic rings. The molecule has 1 fully saturated rings. The lowest BCUT2D eigenvalue weighted by molar-refractivity contribution is -0.135. The van der Waals surface area contributed by atoms with E-state index in [1.54, 1.807) is 11.8 Å². The van der Waals surface area contributed by atoms with E-state index in [4.69, 9.17) is 4.74 Å². The van der Waals surface area contributed by atoms with Crippen molar-refractivity contribution in [3.05, 3.63) is 22.9 Å². The third-order valence-corrected chi connectivity index (χ3v) is 3.50. The van der Waals surface area contributed by atoms with E-state index in [0.717, 1.165) is 11.3 Å². The van der Waals surface area contributed by atoms with Crippen LogP contribution < -0.4 is 5.32 Å². The zero-order valence-corrected chi connectivity index (χ0v) is 12.6. The molecule has 6 heteroatoms.